The Kier molecular flexibility index (Phi) is 6.01. The van der Waals surface area contributed by atoms with E-state index in [1.165, 1.54) is 5.56 Å². The van der Waals surface area contributed by atoms with Gasteiger partial charge in [0.1, 0.15) is 5.75 Å². The molecule has 2 N–H and O–H groups in total. The molecule has 0 spiro atoms. The first-order valence-corrected chi connectivity index (χ1v) is 6.23. The summed E-state index contributed by atoms with van der Waals surface area (Å²) in [6.07, 6.45) is 0. The summed E-state index contributed by atoms with van der Waals surface area (Å²) in [5, 5.41) is 12.6. The van der Waals surface area contributed by atoms with Gasteiger partial charge in [0, 0.05) is 12.6 Å². The molecule has 1 rings (SSSR count). The summed E-state index contributed by atoms with van der Waals surface area (Å²) in [7, 11) is 0. The third-order valence-corrected chi connectivity index (χ3v) is 2.78. The van der Waals surface area contributed by atoms with Crippen molar-refractivity contribution in [3.63, 3.8) is 0 Å². The van der Waals surface area contributed by atoms with Crippen LogP contribution in [0.5, 0.6) is 5.75 Å². The van der Waals surface area contributed by atoms with Crippen LogP contribution in [-0.4, -0.2) is 24.4 Å². The van der Waals surface area contributed by atoms with Crippen LogP contribution in [0.2, 0.25) is 0 Å². The summed E-state index contributed by atoms with van der Waals surface area (Å²) >= 11 is 0. The molecular weight excluding hydrogens is 214 g/mol. The molecule has 0 aromatic heterocycles. The Bertz CT molecular complexity index is 326. The van der Waals surface area contributed by atoms with Gasteiger partial charge in [-0.3, -0.25) is 0 Å². The maximum atomic E-state index is 9.23. The van der Waals surface area contributed by atoms with Crippen LogP contribution >= 0.6 is 0 Å². The summed E-state index contributed by atoms with van der Waals surface area (Å²) in [5.74, 6) is 1.33. The summed E-state index contributed by atoms with van der Waals surface area (Å²) < 4.78 is 5.45. The van der Waals surface area contributed by atoms with Crippen molar-refractivity contribution in [2.45, 2.75) is 33.4 Å². The van der Waals surface area contributed by atoms with Crippen molar-refractivity contribution < 1.29 is 9.84 Å². The number of hydrogen-bond acceptors (Lipinski definition) is 3. The minimum atomic E-state index is 0.144. The summed E-state index contributed by atoms with van der Waals surface area (Å²) in [4.78, 5) is 0. The van der Waals surface area contributed by atoms with Gasteiger partial charge in [-0.05, 0) is 30.5 Å². The lowest BCUT2D eigenvalue weighted by Crippen LogP contribution is -2.36. The quantitative estimate of drug-likeness (QED) is 0.764. The second-order valence-electron chi connectivity index (χ2n) is 4.49. The van der Waals surface area contributed by atoms with Gasteiger partial charge in [0.15, 0.2) is 0 Å². The molecule has 3 heteroatoms. The Labute approximate surface area is 104 Å². The molecule has 1 aromatic carbocycles. The number of ether oxygens (including phenoxy) is 1. The number of benzene rings is 1. The first kappa shape index (κ1) is 14.0. The smallest absolute Gasteiger partial charge is 0.119 e. The van der Waals surface area contributed by atoms with Crippen LogP contribution in [0.4, 0.5) is 0 Å². The van der Waals surface area contributed by atoms with E-state index in [-0.39, 0.29) is 12.6 Å². The Hall–Kier alpha value is -1.06. The molecule has 17 heavy (non-hydrogen) atoms. The molecule has 0 bridgehead atoms. The van der Waals surface area contributed by atoms with Crippen molar-refractivity contribution >= 4 is 0 Å². The van der Waals surface area contributed by atoms with E-state index >= 15 is 0 Å². The number of aliphatic hydroxyl groups is 1. The number of aliphatic hydroxyl groups excluding tert-OH is 1. The SMILES string of the molecule is CCOc1cccc(CN[C@H](CO)C(C)C)c1. The molecule has 0 aliphatic carbocycles. The molecule has 1 aromatic rings. The molecule has 0 radical (unpaired) electrons. The first-order valence-electron chi connectivity index (χ1n) is 6.23. The molecular formula is C14H23NO2. The van der Waals surface area contributed by atoms with E-state index in [1.807, 2.05) is 25.1 Å². The van der Waals surface area contributed by atoms with E-state index < -0.39 is 0 Å². The van der Waals surface area contributed by atoms with Crippen LogP contribution in [0, 0.1) is 5.92 Å². The number of rotatable bonds is 7. The van der Waals surface area contributed by atoms with E-state index in [9.17, 15) is 5.11 Å². The van der Waals surface area contributed by atoms with E-state index in [1.54, 1.807) is 0 Å². The van der Waals surface area contributed by atoms with Crippen LogP contribution < -0.4 is 10.1 Å². The highest BCUT2D eigenvalue weighted by molar-refractivity contribution is 5.28. The third-order valence-electron chi connectivity index (χ3n) is 2.78. The van der Waals surface area contributed by atoms with Crippen molar-refractivity contribution in [1.82, 2.24) is 5.32 Å². The molecule has 96 valence electrons. The Morgan fingerprint density at radius 3 is 2.71 bits per heavy atom. The Morgan fingerprint density at radius 1 is 1.35 bits per heavy atom. The van der Waals surface area contributed by atoms with Crippen LogP contribution in [0.25, 0.3) is 0 Å². The molecule has 0 fully saturated rings. The fourth-order valence-corrected chi connectivity index (χ4v) is 1.67. The number of nitrogens with one attached hydrogen (secondary N) is 1. The van der Waals surface area contributed by atoms with Gasteiger partial charge in [-0.2, -0.15) is 0 Å². The molecule has 1 atom stereocenters. The molecule has 0 saturated carbocycles. The third kappa shape index (κ3) is 4.75. The lowest BCUT2D eigenvalue weighted by Gasteiger charge is -2.20. The average Bonchev–Trinajstić information content (AvgIpc) is 2.30. The molecule has 3 nitrogen and oxygen atoms in total. The lowest BCUT2D eigenvalue weighted by molar-refractivity contribution is 0.210. The van der Waals surface area contributed by atoms with E-state index in [2.05, 4.69) is 25.2 Å². The van der Waals surface area contributed by atoms with E-state index in [0.717, 1.165) is 12.3 Å². The van der Waals surface area contributed by atoms with Gasteiger partial charge in [-0.15, -0.1) is 0 Å². The van der Waals surface area contributed by atoms with Crippen molar-refractivity contribution in [3.05, 3.63) is 29.8 Å². The summed E-state index contributed by atoms with van der Waals surface area (Å²) in [6, 6.07) is 8.19. The molecule has 0 unspecified atom stereocenters. The zero-order valence-electron chi connectivity index (χ0n) is 10.9. The molecule has 0 saturated heterocycles. The van der Waals surface area contributed by atoms with Crippen molar-refractivity contribution in [2.24, 2.45) is 5.92 Å². The van der Waals surface area contributed by atoms with Crippen LogP contribution in [0.15, 0.2) is 24.3 Å². The molecule has 0 heterocycles. The Balaban J connectivity index is 2.53. The minimum absolute atomic E-state index is 0.144. The van der Waals surface area contributed by atoms with Crippen LogP contribution in [-0.2, 0) is 6.54 Å². The van der Waals surface area contributed by atoms with Gasteiger partial charge in [0.2, 0.25) is 0 Å². The van der Waals surface area contributed by atoms with E-state index in [0.29, 0.717) is 12.5 Å². The second-order valence-corrected chi connectivity index (χ2v) is 4.49. The normalized spacial score (nSPS) is 12.8. The number of hydrogen-bond donors (Lipinski definition) is 2. The maximum Gasteiger partial charge on any atom is 0.119 e. The highest BCUT2D eigenvalue weighted by Gasteiger charge is 2.10. The fraction of sp³-hybridized carbons (Fsp3) is 0.571. The fourth-order valence-electron chi connectivity index (χ4n) is 1.67. The molecule has 0 aliphatic rings. The van der Waals surface area contributed by atoms with Crippen molar-refractivity contribution in [2.75, 3.05) is 13.2 Å². The lowest BCUT2D eigenvalue weighted by atomic mass is 10.1. The molecule has 0 aliphatic heterocycles. The van der Waals surface area contributed by atoms with Gasteiger partial charge < -0.3 is 15.2 Å². The van der Waals surface area contributed by atoms with E-state index in [4.69, 9.17) is 4.74 Å². The van der Waals surface area contributed by atoms with Crippen molar-refractivity contribution in [3.8, 4) is 5.75 Å². The Morgan fingerprint density at radius 2 is 2.12 bits per heavy atom. The largest absolute Gasteiger partial charge is 0.494 e. The summed E-state index contributed by atoms with van der Waals surface area (Å²) in [5.41, 5.74) is 1.18. The van der Waals surface area contributed by atoms with Gasteiger partial charge in [0.25, 0.3) is 0 Å². The predicted molar refractivity (Wildman–Crippen MR) is 70.2 cm³/mol. The predicted octanol–water partition coefficient (Wildman–Crippen LogP) is 2.19. The zero-order valence-corrected chi connectivity index (χ0v) is 10.9. The highest BCUT2D eigenvalue weighted by atomic mass is 16.5. The van der Waals surface area contributed by atoms with Gasteiger partial charge in [-0.25, -0.2) is 0 Å². The minimum Gasteiger partial charge on any atom is -0.494 e. The van der Waals surface area contributed by atoms with Gasteiger partial charge in [0.05, 0.1) is 13.2 Å². The summed E-state index contributed by atoms with van der Waals surface area (Å²) in [6.45, 7) is 7.79. The van der Waals surface area contributed by atoms with Gasteiger partial charge in [-0.1, -0.05) is 26.0 Å². The van der Waals surface area contributed by atoms with Gasteiger partial charge >= 0.3 is 0 Å². The van der Waals surface area contributed by atoms with Crippen molar-refractivity contribution in [1.29, 1.82) is 0 Å². The average molecular weight is 237 g/mol. The second kappa shape index (κ2) is 7.30. The molecule has 0 amide bonds. The highest BCUT2D eigenvalue weighted by Crippen LogP contribution is 2.13. The van der Waals surface area contributed by atoms with Crippen LogP contribution in [0.1, 0.15) is 26.3 Å². The standard InChI is InChI=1S/C14H23NO2/c1-4-17-13-7-5-6-12(8-13)9-15-14(10-16)11(2)3/h5-8,11,14-16H,4,9-10H2,1-3H3/t14-/m1/s1. The monoisotopic (exact) mass is 237 g/mol. The topological polar surface area (TPSA) is 41.5 Å². The maximum absolute atomic E-state index is 9.23. The first-order chi connectivity index (χ1) is 8.17. The zero-order chi connectivity index (χ0) is 12.7. The van der Waals surface area contributed by atoms with Crippen LogP contribution in [0.3, 0.4) is 0 Å².